The van der Waals surface area contributed by atoms with Crippen molar-refractivity contribution in [3.8, 4) is 0 Å². The van der Waals surface area contributed by atoms with Gasteiger partial charge in [0.1, 0.15) is 6.79 Å². The molecule has 0 bridgehead atoms. The van der Waals surface area contributed by atoms with Crippen LogP contribution in [0.4, 0.5) is 0 Å². The quantitative estimate of drug-likeness (QED) is 0.373. The third kappa shape index (κ3) is 6.62. The molecule has 10 heavy (non-hydrogen) atoms. The zero-order chi connectivity index (χ0) is 7.11. The molecule has 0 saturated carbocycles. The van der Waals surface area contributed by atoms with Crippen LogP contribution in [0.15, 0.2) is 0 Å². The zero-order valence-electron chi connectivity index (χ0n) is 5.92. The minimum absolute atomic E-state index is 0. The van der Waals surface area contributed by atoms with Gasteiger partial charge in [-0.05, 0) is 0 Å². The molecule has 0 aromatic carbocycles. The Morgan fingerprint density at radius 2 is 1.60 bits per heavy atom. The van der Waals surface area contributed by atoms with E-state index in [-0.39, 0.29) is 25.7 Å². The van der Waals surface area contributed by atoms with Gasteiger partial charge in [0.25, 0.3) is 0 Å². The molecule has 0 aromatic rings. The maximum atomic E-state index is 4.82. The zero-order valence-corrected chi connectivity index (χ0v) is 5.92. The summed E-state index contributed by atoms with van der Waals surface area (Å²) in [5.74, 6) is 0. The van der Waals surface area contributed by atoms with E-state index in [9.17, 15) is 0 Å². The van der Waals surface area contributed by atoms with Crippen LogP contribution in [0.1, 0.15) is 0 Å². The number of hydrogen-bond acceptors (Lipinski definition) is 4. The molecule has 0 aliphatic heterocycles. The Bertz CT molecular complexity index is 61.2. The van der Waals surface area contributed by atoms with Crippen molar-refractivity contribution >= 4 is 26.2 Å². The Labute approximate surface area is 73.5 Å². The van der Waals surface area contributed by atoms with Crippen molar-refractivity contribution in [2.75, 3.05) is 28.1 Å². The van der Waals surface area contributed by atoms with Crippen molar-refractivity contribution in [3.63, 3.8) is 0 Å². The van der Waals surface area contributed by atoms with Gasteiger partial charge in [0.2, 0.25) is 0 Å². The molecule has 0 amide bonds. The van der Waals surface area contributed by atoms with Gasteiger partial charge in [-0.1, -0.05) is 0 Å². The van der Waals surface area contributed by atoms with Crippen LogP contribution in [0.3, 0.4) is 0 Å². The average Bonchev–Trinajstić information content (AvgIpc) is 1.91. The molecule has 0 heterocycles. The summed E-state index contributed by atoms with van der Waals surface area (Å²) in [6.45, 7) is 0.173. The first-order valence-corrected chi connectivity index (χ1v) is 2.51. The van der Waals surface area contributed by atoms with E-state index >= 15 is 0 Å². The van der Waals surface area contributed by atoms with Gasteiger partial charge in [-0.2, -0.15) is 0 Å². The van der Waals surface area contributed by atoms with Crippen LogP contribution in [-0.4, -0.2) is 54.3 Å². The van der Waals surface area contributed by atoms with E-state index in [1.54, 1.807) is 0 Å². The second-order valence-corrected chi connectivity index (χ2v) is 1.33. The van der Waals surface area contributed by atoms with E-state index in [0.29, 0.717) is 0 Å². The Morgan fingerprint density at radius 3 is 1.90 bits per heavy atom. The topological polar surface area (TPSA) is 36.9 Å². The van der Waals surface area contributed by atoms with E-state index in [0.717, 1.165) is 0 Å². The first-order valence-electron chi connectivity index (χ1n) is 2.51. The summed E-state index contributed by atoms with van der Waals surface area (Å²) < 4.78 is 18.8. The molecule has 0 aliphatic carbocycles. The van der Waals surface area contributed by atoms with Gasteiger partial charge in [0, 0.05) is 21.3 Å². The summed E-state index contributed by atoms with van der Waals surface area (Å²) in [6.07, 6.45) is 0. The third-order valence-electron chi connectivity index (χ3n) is 0.707. The number of methoxy groups -OCH3 is 1. The van der Waals surface area contributed by atoms with Gasteiger partial charge in [-0.25, -0.2) is 0 Å². The molecular weight excluding hydrogens is 130 g/mol. The van der Waals surface area contributed by atoms with Crippen molar-refractivity contribution < 1.29 is 18.7 Å². The molecule has 0 N–H and O–H groups in total. The summed E-state index contributed by atoms with van der Waals surface area (Å²) in [4.78, 5) is 0. The molecule has 0 spiro atoms. The van der Waals surface area contributed by atoms with Crippen molar-refractivity contribution in [1.29, 1.82) is 0 Å². The molecule has 0 radical (unpaired) electrons. The van der Waals surface area contributed by atoms with Crippen LogP contribution in [0.2, 0.25) is 0 Å². The predicted octanol–water partition coefficient (Wildman–Crippen LogP) is -0.764. The van der Waals surface area contributed by atoms with E-state index in [1.807, 2.05) is 0 Å². The molecule has 0 aliphatic rings. The van der Waals surface area contributed by atoms with E-state index < -0.39 is 7.32 Å². The van der Waals surface area contributed by atoms with Gasteiger partial charge in [0.05, 0.1) is 0 Å². The van der Waals surface area contributed by atoms with E-state index in [4.69, 9.17) is 4.65 Å². The molecule has 4 nitrogen and oxygen atoms in total. The average molecular weight is 142 g/mol. The fourth-order valence-corrected chi connectivity index (χ4v) is 0.356. The monoisotopic (exact) mass is 142 g/mol. The van der Waals surface area contributed by atoms with Crippen molar-refractivity contribution in [3.05, 3.63) is 0 Å². The second-order valence-electron chi connectivity index (χ2n) is 1.33. The standard InChI is InChI=1S/C4H11BO4.Li.H/c1-6-4-9-5(7-2)8-3;;/h4H2,1-3H3;;. The van der Waals surface area contributed by atoms with Gasteiger partial charge in [-0.15, -0.1) is 0 Å². The Kier molecular flexibility index (Phi) is 12.5. The summed E-state index contributed by atoms with van der Waals surface area (Å²) in [5.41, 5.74) is 0. The van der Waals surface area contributed by atoms with E-state index in [1.165, 1.54) is 21.3 Å². The number of ether oxygens (including phenoxy) is 1. The van der Waals surface area contributed by atoms with Crippen LogP contribution in [0.5, 0.6) is 0 Å². The Hall–Kier alpha value is 0.502. The van der Waals surface area contributed by atoms with Crippen LogP contribution in [0.25, 0.3) is 0 Å². The predicted molar refractivity (Wildman–Crippen MR) is 39.9 cm³/mol. The molecule has 0 unspecified atom stereocenters. The SMILES string of the molecule is COCOB(OC)OC.[LiH]. The molecule has 0 aromatic heterocycles. The molecule has 56 valence electrons. The molecule has 0 rings (SSSR count). The van der Waals surface area contributed by atoms with Gasteiger partial charge in [-0.3, -0.25) is 0 Å². The van der Waals surface area contributed by atoms with Crippen molar-refractivity contribution in [1.82, 2.24) is 0 Å². The van der Waals surface area contributed by atoms with Crippen molar-refractivity contribution in [2.24, 2.45) is 0 Å². The minimum atomic E-state index is -0.620. The normalized spacial score (nSPS) is 8.70. The summed E-state index contributed by atoms with van der Waals surface area (Å²) >= 11 is 0. The van der Waals surface area contributed by atoms with Gasteiger partial charge < -0.3 is 18.7 Å². The van der Waals surface area contributed by atoms with Crippen LogP contribution < -0.4 is 0 Å². The third-order valence-corrected chi connectivity index (χ3v) is 0.707. The van der Waals surface area contributed by atoms with E-state index in [2.05, 4.69) is 14.0 Å². The molecule has 0 atom stereocenters. The van der Waals surface area contributed by atoms with Gasteiger partial charge in [0.15, 0.2) is 0 Å². The number of rotatable bonds is 5. The summed E-state index contributed by atoms with van der Waals surface area (Å²) in [5, 5.41) is 0. The molecular formula is C4H12BLiO4. The van der Waals surface area contributed by atoms with Gasteiger partial charge >= 0.3 is 26.2 Å². The molecule has 0 saturated heterocycles. The Morgan fingerprint density at radius 1 is 1.10 bits per heavy atom. The first kappa shape index (κ1) is 13.1. The number of hydrogen-bond donors (Lipinski definition) is 0. The summed E-state index contributed by atoms with van der Waals surface area (Å²) in [7, 11) is 3.89. The first-order chi connectivity index (χ1) is 4.35. The summed E-state index contributed by atoms with van der Waals surface area (Å²) in [6, 6.07) is 0. The second kappa shape index (κ2) is 9.50. The van der Waals surface area contributed by atoms with Crippen LogP contribution in [0, 0.1) is 0 Å². The van der Waals surface area contributed by atoms with Crippen LogP contribution >= 0.6 is 0 Å². The fourth-order valence-electron chi connectivity index (χ4n) is 0.356. The fraction of sp³-hybridized carbons (Fsp3) is 1.00. The van der Waals surface area contributed by atoms with Crippen molar-refractivity contribution in [2.45, 2.75) is 0 Å². The maximum absolute atomic E-state index is 4.82. The van der Waals surface area contributed by atoms with Crippen LogP contribution in [-0.2, 0) is 18.7 Å². The molecule has 0 fully saturated rings. The Balaban J connectivity index is 0. The molecule has 6 heteroatoms.